The first-order valence-electron chi connectivity index (χ1n) is 5.63. The molecule has 0 aliphatic rings. The van der Waals surface area contributed by atoms with Gasteiger partial charge in [0.1, 0.15) is 11.9 Å². The maximum Gasteiger partial charge on any atom is 0.265 e. The van der Waals surface area contributed by atoms with Crippen LogP contribution in [0.4, 0.5) is 10.1 Å². The number of unbranched alkanes of at least 4 members (excludes halogenated alkanes) is 1. The summed E-state index contributed by atoms with van der Waals surface area (Å²) in [5.41, 5.74) is 2.28. The minimum atomic E-state index is -0.509. The molecule has 1 unspecified atom stereocenters. The first-order chi connectivity index (χ1) is 8.17. The van der Waals surface area contributed by atoms with Gasteiger partial charge in [-0.1, -0.05) is 19.8 Å². The van der Waals surface area contributed by atoms with Gasteiger partial charge in [0.15, 0.2) is 0 Å². The Bertz CT molecular complexity index is 354. The van der Waals surface area contributed by atoms with E-state index in [1.54, 1.807) is 17.6 Å². The second kappa shape index (κ2) is 6.85. The van der Waals surface area contributed by atoms with Crippen LogP contribution in [0.15, 0.2) is 24.3 Å². The van der Waals surface area contributed by atoms with Gasteiger partial charge in [0.25, 0.3) is 5.91 Å². The summed E-state index contributed by atoms with van der Waals surface area (Å²) in [5, 5.41) is 11.6. The van der Waals surface area contributed by atoms with E-state index in [1.807, 2.05) is 6.92 Å². The highest BCUT2D eigenvalue weighted by Gasteiger charge is 2.16. The summed E-state index contributed by atoms with van der Waals surface area (Å²) in [6.45, 7) is 2.02. The molecule has 0 bridgehead atoms. The Kier molecular flexibility index (Phi) is 5.42. The summed E-state index contributed by atoms with van der Waals surface area (Å²) < 4.78 is 12.7. The number of anilines is 1. The van der Waals surface area contributed by atoms with Gasteiger partial charge < -0.3 is 5.32 Å². The van der Waals surface area contributed by atoms with Gasteiger partial charge in [0.05, 0.1) is 0 Å². The molecule has 1 amide bonds. The number of halogens is 1. The van der Waals surface area contributed by atoms with Crippen molar-refractivity contribution < 1.29 is 14.4 Å². The summed E-state index contributed by atoms with van der Waals surface area (Å²) in [6, 6.07) is 5.23. The van der Waals surface area contributed by atoms with E-state index < -0.39 is 11.9 Å². The van der Waals surface area contributed by atoms with Gasteiger partial charge in [-0.3, -0.25) is 10.0 Å². The third-order valence-corrected chi connectivity index (χ3v) is 2.46. The number of nitrogens with one attached hydrogen (secondary N) is 2. The summed E-state index contributed by atoms with van der Waals surface area (Å²) >= 11 is 0. The molecule has 0 saturated heterocycles. The minimum absolute atomic E-state index is 0.327. The molecule has 1 rings (SSSR count). The average molecular weight is 240 g/mol. The summed E-state index contributed by atoms with van der Waals surface area (Å²) in [4.78, 5) is 11.4. The highest BCUT2D eigenvalue weighted by molar-refractivity contribution is 5.83. The van der Waals surface area contributed by atoms with Crippen LogP contribution in [0.1, 0.15) is 26.2 Å². The molecule has 1 aromatic rings. The molecule has 3 N–H and O–H groups in total. The van der Waals surface area contributed by atoms with Gasteiger partial charge in [-0.25, -0.2) is 9.87 Å². The molecule has 1 aromatic carbocycles. The summed E-state index contributed by atoms with van der Waals surface area (Å²) in [7, 11) is 0. The van der Waals surface area contributed by atoms with Crippen molar-refractivity contribution in [1.82, 2.24) is 5.48 Å². The lowest BCUT2D eigenvalue weighted by molar-refractivity contribution is -0.130. The first-order valence-corrected chi connectivity index (χ1v) is 5.63. The topological polar surface area (TPSA) is 61.4 Å². The number of carbonyl (C=O) groups excluding carboxylic acids is 1. The van der Waals surface area contributed by atoms with Crippen molar-refractivity contribution >= 4 is 11.6 Å². The van der Waals surface area contributed by atoms with Crippen molar-refractivity contribution in [1.29, 1.82) is 0 Å². The molecule has 0 spiro atoms. The van der Waals surface area contributed by atoms with Crippen LogP contribution in [0, 0.1) is 5.82 Å². The van der Waals surface area contributed by atoms with Crippen molar-refractivity contribution in [2.75, 3.05) is 5.32 Å². The van der Waals surface area contributed by atoms with Gasteiger partial charge in [-0.15, -0.1) is 0 Å². The van der Waals surface area contributed by atoms with E-state index >= 15 is 0 Å². The molecule has 5 heteroatoms. The van der Waals surface area contributed by atoms with Crippen LogP contribution in [-0.2, 0) is 4.79 Å². The third-order valence-electron chi connectivity index (χ3n) is 2.46. The van der Waals surface area contributed by atoms with Crippen LogP contribution in [0.2, 0.25) is 0 Å². The second-order valence-electron chi connectivity index (χ2n) is 3.82. The Hall–Kier alpha value is -1.62. The highest BCUT2D eigenvalue weighted by Crippen LogP contribution is 2.12. The maximum absolute atomic E-state index is 12.7. The Balaban J connectivity index is 2.64. The molecule has 94 valence electrons. The lowest BCUT2D eigenvalue weighted by atomic mass is 10.1. The average Bonchev–Trinajstić information content (AvgIpc) is 2.36. The third kappa shape index (κ3) is 4.40. The molecular weight excluding hydrogens is 223 g/mol. The van der Waals surface area contributed by atoms with Crippen LogP contribution < -0.4 is 10.8 Å². The fourth-order valence-corrected chi connectivity index (χ4v) is 1.50. The van der Waals surface area contributed by atoms with Gasteiger partial charge >= 0.3 is 0 Å². The van der Waals surface area contributed by atoms with Gasteiger partial charge in [-0.05, 0) is 30.7 Å². The molecule has 0 aromatic heterocycles. The Morgan fingerprint density at radius 3 is 2.59 bits per heavy atom. The zero-order chi connectivity index (χ0) is 12.7. The van der Waals surface area contributed by atoms with E-state index in [-0.39, 0.29) is 5.82 Å². The molecular formula is C12H17FN2O2. The Labute approximate surface area is 99.8 Å². The van der Waals surface area contributed by atoms with Crippen LogP contribution in [0.25, 0.3) is 0 Å². The van der Waals surface area contributed by atoms with Crippen molar-refractivity contribution in [3.8, 4) is 0 Å². The van der Waals surface area contributed by atoms with Crippen molar-refractivity contribution in [3.63, 3.8) is 0 Å². The quantitative estimate of drug-likeness (QED) is 0.528. The monoisotopic (exact) mass is 240 g/mol. The predicted octanol–water partition coefficient (Wildman–Crippen LogP) is 2.30. The number of hydrogen-bond acceptors (Lipinski definition) is 3. The van der Waals surface area contributed by atoms with E-state index in [0.29, 0.717) is 12.1 Å². The first kappa shape index (κ1) is 13.4. The molecule has 0 fully saturated rings. The highest BCUT2D eigenvalue weighted by atomic mass is 19.1. The lowest BCUT2D eigenvalue weighted by Gasteiger charge is -2.17. The van der Waals surface area contributed by atoms with Crippen LogP contribution in [-0.4, -0.2) is 17.2 Å². The van der Waals surface area contributed by atoms with Crippen LogP contribution >= 0.6 is 0 Å². The molecule has 0 heterocycles. The van der Waals surface area contributed by atoms with E-state index in [4.69, 9.17) is 5.21 Å². The van der Waals surface area contributed by atoms with Gasteiger partial charge in [-0.2, -0.15) is 0 Å². The van der Waals surface area contributed by atoms with E-state index in [0.717, 1.165) is 12.8 Å². The lowest BCUT2D eigenvalue weighted by Crippen LogP contribution is -2.38. The summed E-state index contributed by atoms with van der Waals surface area (Å²) in [6.07, 6.45) is 2.44. The zero-order valence-corrected chi connectivity index (χ0v) is 9.74. The molecule has 17 heavy (non-hydrogen) atoms. The molecule has 0 saturated carbocycles. The van der Waals surface area contributed by atoms with Crippen molar-refractivity contribution in [2.45, 2.75) is 32.2 Å². The fraction of sp³-hybridized carbons (Fsp3) is 0.417. The van der Waals surface area contributed by atoms with E-state index in [1.165, 1.54) is 12.1 Å². The van der Waals surface area contributed by atoms with Gasteiger partial charge in [0.2, 0.25) is 0 Å². The normalized spacial score (nSPS) is 11.9. The number of amides is 1. The van der Waals surface area contributed by atoms with Crippen LogP contribution in [0.5, 0.6) is 0 Å². The molecule has 1 atom stereocenters. The molecule has 0 aliphatic heterocycles. The maximum atomic E-state index is 12.7. The number of benzene rings is 1. The molecule has 0 radical (unpaired) electrons. The predicted molar refractivity (Wildman–Crippen MR) is 63.3 cm³/mol. The largest absolute Gasteiger partial charge is 0.374 e. The van der Waals surface area contributed by atoms with Crippen LogP contribution in [0.3, 0.4) is 0 Å². The number of hydrogen-bond donors (Lipinski definition) is 3. The summed E-state index contributed by atoms with van der Waals surface area (Å²) in [5.74, 6) is -0.810. The zero-order valence-electron chi connectivity index (χ0n) is 9.74. The number of carbonyl (C=O) groups is 1. The number of hydroxylamine groups is 1. The molecule has 4 nitrogen and oxygen atoms in total. The molecule has 0 aliphatic carbocycles. The smallest absolute Gasteiger partial charge is 0.265 e. The Morgan fingerprint density at radius 1 is 1.41 bits per heavy atom. The van der Waals surface area contributed by atoms with Gasteiger partial charge in [0, 0.05) is 5.69 Å². The minimum Gasteiger partial charge on any atom is -0.374 e. The fourth-order valence-electron chi connectivity index (χ4n) is 1.50. The number of rotatable bonds is 6. The Morgan fingerprint density at radius 2 is 2.06 bits per heavy atom. The second-order valence-corrected chi connectivity index (χ2v) is 3.82. The van der Waals surface area contributed by atoms with Crippen molar-refractivity contribution in [3.05, 3.63) is 30.1 Å². The SMILES string of the molecule is CCCCC(Nc1ccc(F)cc1)C(=O)NO. The van der Waals surface area contributed by atoms with E-state index in [9.17, 15) is 9.18 Å². The van der Waals surface area contributed by atoms with E-state index in [2.05, 4.69) is 5.32 Å². The standard InChI is InChI=1S/C12H17FN2O2/c1-2-3-4-11(12(16)15-17)14-10-7-5-9(13)6-8-10/h5-8,11,14,17H,2-4H2,1H3,(H,15,16). The van der Waals surface area contributed by atoms with Crippen molar-refractivity contribution in [2.24, 2.45) is 0 Å².